The molecule has 0 heterocycles. The highest BCUT2D eigenvalue weighted by atomic mass is 16.4. The van der Waals surface area contributed by atoms with Crippen LogP contribution >= 0.6 is 0 Å². The number of benzene rings is 1. The molecule has 1 rings (SSSR count). The molecule has 0 aliphatic carbocycles. The number of aromatic hydroxyl groups is 1. The number of aliphatic carboxylic acids is 1. The van der Waals surface area contributed by atoms with Gasteiger partial charge in [0.25, 0.3) is 0 Å². The number of carboxylic acid groups (broad SMARTS) is 1. The Hall–Kier alpha value is -4.77. The molecule has 0 bridgehead atoms. The third-order valence-electron chi connectivity index (χ3n) is 5.82. The molecule has 238 valence electrons. The summed E-state index contributed by atoms with van der Waals surface area (Å²) in [6.07, 6.45) is -1.55. The van der Waals surface area contributed by atoms with Crippen LogP contribution in [0, 0.1) is 5.92 Å². The molecule has 0 unspecified atom stereocenters. The standard InChI is InChI=1S/C26H39N7O10/c1-13(2)22(25(42)30-12-21(39)40)32-20(38)11-29-24(41)17(8-15-4-6-16(35)7-5-15)31-26(43)23(14(3)34)33-19(37)10-28-18(36)9-27/h4-7,13-14,17,22-23,34-35H,8-12,27H2,1-3H3,(H,28,36)(H,29,41)(H,30,42)(H,31,43)(H,32,38)(H,33,37)(H,39,40)/t14-,17+,22+,23+/m1/s1. The first kappa shape index (κ1) is 36.3. The van der Waals surface area contributed by atoms with E-state index in [1.54, 1.807) is 13.8 Å². The Morgan fingerprint density at radius 3 is 1.77 bits per heavy atom. The molecule has 1 aromatic rings. The van der Waals surface area contributed by atoms with Crippen molar-refractivity contribution < 1.29 is 48.9 Å². The van der Waals surface area contributed by atoms with E-state index in [0.29, 0.717) is 5.56 Å². The molecule has 43 heavy (non-hydrogen) atoms. The van der Waals surface area contributed by atoms with Crippen LogP contribution in [-0.2, 0) is 40.0 Å². The summed E-state index contributed by atoms with van der Waals surface area (Å²) in [5.74, 6) is -6.47. The average molecular weight is 610 g/mol. The summed E-state index contributed by atoms with van der Waals surface area (Å²) in [6.45, 7) is 2.31. The second-order valence-corrected chi connectivity index (χ2v) is 9.82. The molecule has 1 aromatic carbocycles. The van der Waals surface area contributed by atoms with E-state index in [1.165, 1.54) is 31.2 Å². The zero-order valence-corrected chi connectivity index (χ0v) is 24.0. The van der Waals surface area contributed by atoms with E-state index in [2.05, 4.69) is 31.9 Å². The minimum atomic E-state index is -1.53. The van der Waals surface area contributed by atoms with Gasteiger partial charge in [0.1, 0.15) is 30.4 Å². The van der Waals surface area contributed by atoms with Crippen molar-refractivity contribution in [3.05, 3.63) is 29.8 Å². The predicted octanol–water partition coefficient (Wildman–Crippen LogP) is -4.18. The number of phenols is 1. The fourth-order valence-corrected chi connectivity index (χ4v) is 3.54. The summed E-state index contributed by atoms with van der Waals surface area (Å²) in [7, 11) is 0. The lowest BCUT2D eigenvalue weighted by molar-refractivity contribution is -0.138. The Morgan fingerprint density at radius 1 is 0.721 bits per heavy atom. The van der Waals surface area contributed by atoms with Crippen LogP contribution in [0.15, 0.2) is 24.3 Å². The fraction of sp³-hybridized carbons (Fsp3) is 0.500. The number of aliphatic hydroxyl groups is 1. The number of aliphatic hydroxyl groups excluding tert-OH is 1. The lowest BCUT2D eigenvalue weighted by Gasteiger charge is -2.25. The molecule has 0 saturated heterocycles. The van der Waals surface area contributed by atoms with Gasteiger partial charge in [0.05, 0.1) is 25.7 Å². The molecule has 11 N–H and O–H groups in total. The van der Waals surface area contributed by atoms with E-state index in [4.69, 9.17) is 10.8 Å². The lowest BCUT2D eigenvalue weighted by atomic mass is 10.0. The van der Waals surface area contributed by atoms with Crippen LogP contribution in [0.3, 0.4) is 0 Å². The number of phenolic OH excluding ortho intramolecular Hbond substituents is 1. The minimum Gasteiger partial charge on any atom is -0.508 e. The molecule has 0 aliphatic rings. The van der Waals surface area contributed by atoms with Crippen LogP contribution in [0.5, 0.6) is 5.75 Å². The fourth-order valence-electron chi connectivity index (χ4n) is 3.54. The highest BCUT2D eigenvalue weighted by molar-refractivity contribution is 5.95. The lowest BCUT2D eigenvalue weighted by Crippen LogP contribution is -2.59. The second-order valence-electron chi connectivity index (χ2n) is 9.82. The van der Waals surface area contributed by atoms with Gasteiger partial charge in [-0.2, -0.15) is 0 Å². The van der Waals surface area contributed by atoms with Gasteiger partial charge in [-0.15, -0.1) is 0 Å². The number of rotatable bonds is 17. The van der Waals surface area contributed by atoms with Crippen molar-refractivity contribution in [2.75, 3.05) is 26.2 Å². The topological polar surface area (TPSA) is 278 Å². The van der Waals surface area contributed by atoms with Crippen molar-refractivity contribution in [2.45, 2.75) is 51.4 Å². The number of hydrogen-bond donors (Lipinski definition) is 10. The number of carbonyl (C=O) groups is 7. The van der Waals surface area contributed by atoms with Crippen molar-refractivity contribution in [1.82, 2.24) is 31.9 Å². The highest BCUT2D eigenvalue weighted by Crippen LogP contribution is 2.12. The summed E-state index contributed by atoms with van der Waals surface area (Å²) in [6, 6.07) is 1.74. The van der Waals surface area contributed by atoms with Gasteiger partial charge >= 0.3 is 5.97 Å². The maximum Gasteiger partial charge on any atom is 0.322 e. The predicted molar refractivity (Wildman–Crippen MR) is 150 cm³/mol. The molecular weight excluding hydrogens is 570 g/mol. The molecular formula is C26H39N7O10. The Morgan fingerprint density at radius 2 is 1.26 bits per heavy atom. The van der Waals surface area contributed by atoms with Crippen LogP contribution in [-0.4, -0.2) is 107 Å². The normalized spacial score (nSPS) is 13.4. The summed E-state index contributed by atoms with van der Waals surface area (Å²) in [5, 5.41) is 42.3. The van der Waals surface area contributed by atoms with Gasteiger partial charge in [-0.3, -0.25) is 33.6 Å². The number of hydrogen-bond acceptors (Lipinski definition) is 10. The summed E-state index contributed by atoms with van der Waals surface area (Å²) in [4.78, 5) is 85.2. The van der Waals surface area contributed by atoms with E-state index in [9.17, 15) is 43.8 Å². The summed E-state index contributed by atoms with van der Waals surface area (Å²) in [5.41, 5.74) is 5.66. The van der Waals surface area contributed by atoms with Crippen LogP contribution in [0.4, 0.5) is 0 Å². The van der Waals surface area contributed by atoms with E-state index in [1.807, 2.05) is 0 Å². The number of amides is 6. The van der Waals surface area contributed by atoms with E-state index < -0.39 is 91.2 Å². The van der Waals surface area contributed by atoms with Gasteiger partial charge in [-0.1, -0.05) is 26.0 Å². The molecule has 17 heteroatoms. The Bertz CT molecular complexity index is 1160. The molecule has 4 atom stereocenters. The first-order valence-corrected chi connectivity index (χ1v) is 13.2. The molecule has 0 aliphatic heterocycles. The maximum atomic E-state index is 13.1. The Kier molecular flexibility index (Phi) is 15.1. The molecule has 0 saturated carbocycles. The number of nitrogens with two attached hydrogens (primary N) is 1. The van der Waals surface area contributed by atoms with Crippen LogP contribution in [0.25, 0.3) is 0 Å². The van der Waals surface area contributed by atoms with Crippen molar-refractivity contribution >= 4 is 41.4 Å². The van der Waals surface area contributed by atoms with E-state index >= 15 is 0 Å². The van der Waals surface area contributed by atoms with Gasteiger partial charge in [-0.05, 0) is 30.5 Å². The van der Waals surface area contributed by atoms with Crippen LogP contribution in [0.1, 0.15) is 26.3 Å². The number of carboxylic acids is 1. The molecule has 0 fully saturated rings. The highest BCUT2D eigenvalue weighted by Gasteiger charge is 2.31. The van der Waals surface area contributed by atoms with Gasteiger partial charge in [0.15, 0.2) is 0 Å². The molecule has 17 nitrogen and oxygen atoms in total. The monoisotopic (exact) mass is 609 g/mol. The smallest absolute Gasteiger partial charge is 0.322 e. The zero-order chi connectivity index (χ0) is 32.7. The quantitative estimate of drug-likeness (QED) is 0.0808. The Balaban J connectivity index is 2.99. The third-order valence-corrected chi connectivity index (χ3v) is 5.82. The maximum absolute atomic E-state index is 13.1. The third kappa shape index (κ3) is 13.6. The average Bonchev–Trinajstić information content (AvgIpc) is 2.94. The van der Waals surface area contributed by atoms with Crippen LogP contribution < -0.4 is 37.6 Å². The molecule has 0 spiro atoms. The molecule has 0 radical (unpaired) electrons. The van der Waals surface area contributed by atoms with Crippen molar-refractivity contribution in [1.29, 1.82) is 0 Å². The zero-order valence-electron chi connectivity index (χ0n) is 24.0. The summed E-state index contributed by atoms with van der Waals surface area (Å²) < 4.78 is 0. The van der Waals surface area contributed by atoms with Gasteiger partial charge in [0, 0.05) is 6.42 Å². The van der Waals surface area contributed by atoms with Crippen LogP contribution in [0.2, 0.25) is 0 Å². The largest absolute Gasteiger partial charge is 0.508 e. The Labute approximate surface area is 247 Å². The van der Waals surface area contributed by atoms with Crippen molar-refractivity contribution in [3.63, 3.8) is 0 Å². The van der Waals surface area contributed by atoms with Gasteiger partial charge in [-0.25, -0.2) is 0 Å². The minimum absolute atomic E-state index is 0.0452. The molecule has 6 amide bonds. The van der Waals surface area contributed by atoms with Crippen molar-refractivity contribution in [2.24, 2.45) is 11.7 Å². The van der Waals surface area contributed by atoms with E-state index in [-0.39, 0.29) is 18.7 Å². The second kappa shape index (κ2) is 17.9. The number of nitrogens with one attached hydrogen (secondary N) is 6. The summed E-state index contributed by atoms with van der Waals surface area (Å²) >= 11 is 0. The SMILES string of the molecule is CC(C)[C@H](NC(=O)CNC(=O)[C@H](Cc1ccc(O)cc1)NC(=O)[C@@H](NC(=O)CNC(=O)CN)[C@@H](C)O)C(=O)NCC(=O)O. The van der Waals surface area contributed by atoms with E-state index in [0.717, 1.165) is 0 Å². The first-order valence-electron chi connectivity index (χ1n) is 13.2. The first-order chi connectivity index (χ1) is 20.1. The van der Waals surface area contributed by atoms with Gasteiger partial charge in [0.2, 0.25) is 35.4 Å². The molecule has 0 aromatic heterocycles. The van der Waals surface area contributed by atoms with Gasteiger partial charge < -0.3 is 53.0 Å². The number of carbonyl (C=O) groups excluding carboxylic acids is 6. The van der Waals surface area contributed by atoms with Crippen molar-refractivity contribution in [3.8, 4) is 5.75 Å².